The molecule has 132 valence electrons. The van der Waals surface area contributed by atoms with Crippen molar-refractivity contribution in [1.29, 1.82) is 0 Å². The highest BCUT2D eigenvalue weighted by molar-refractivity contribution is 7.72. The van der Waals surface area contributed by atoms with Crippen LogP contribution in [0, 0.1) is 0 Å². The molecular formula is C15H22ClN4O3P. The SMILES string of the molecule is C=P(C)(C)CCC1O[C@@H](n2c(Cl)nc3c(N)ccnc32)[C@H](O)[C@@H]1O. The zero-order valence-corrected chi connectivity index (χ0v) is 15.3. The van der Waals surface area contributed by atoms with E-state index in [0.717, 1.165) is 6.16 Å². The molecule has 0 radical (unpaired) electrons. The maximum Gasteiger partial charge on any atom is 0.207 e. The number of hydrogen-bond donors (Lipinski definition) is 3. The Balaban J connectivity index is 1.92. The van der Waals surface area contributed by atoms with Gasteiger partial charge in [0.15, 0.2) is 11.9 Å². The highest BCUT2D eigenvalue weighted by atomic mass is 35.5. The van der Waals surface area contributed by atoms with Gasteiger partial charge in [0, 0.05) is 6.20 Å². The molecular weight excluding hydrogens is 351 g/mol. The average Bonchev–Trinajstić information content (AvgIpc) is 2.96. The quantitative estimate of drug-likeness (QED) is 0.700. The minimum absolute atomic E-state index is 0.109. The lowest BCUT2D eigenvalue weighted by molar-refractivity contribution is -0.0351. The molecule has 3 rings (SSSR count). The zero-order chi connectivity index (χ0) is 17.6. The Labute approximate surface area is 145 Å². The van der Waals surface area contributed by atoms with Crippen LogP contribution < -0.4 is 5.73 Å². The van der Waals surface area contributed by atoms with Crippen molar-refractivity contribution in [3.05, 3.63) is 17.5 Å². The van der Waals surface area contributed by atoms with Gasteiger partial charge in [-0.15, -0.1) is 13.2 Å². The van der Waals surface area contributed by atoms with Crippen LogP contribution in [0.5, 0.6) is 0 Å². The number of pyridine rings is 1. The number of fused-ring (bicyclic) bond motifs is 1. The molecule has 1 fully saturated rings. The molecule has 7 nitrogen and oxygen atoms in total. The number of halogens is 1. The second-order valence-electron chi connectivity index (χ2n) is 6.82. The van der Waals surface area contributed by atoms with Gasteiger partial charge in [-0.1, -0.05) is 0 Å². The third kappa shape index (κ3) is 3.19. The lowest BCUT2D eigenvalue weighted by atomic mass is 10.1. The summed E-state index contributed by atoms with van der Waals surface area (Å²) >= 11 is 6.21. The van der Waals surface area contributed by atoms with Crippen LogP contribution >= 0.6 is 18.5 Å². The van der Waals surface area contributed by atoms with Crippen LogP contribution in [0.3, 0.4) is 0 Å². The first-order chi connectivity index (χ1) is 11.2. The van der Waals surface area contributed by atoms with Gasteiger partial charge >= 0.3 is 0 Å². The van der Waals surface area contributed by atoms with E-state index >= 15 is 0 Å². The molecule has 0 bridgehead atoms. The predicted molar refractivity (Wildman–Crippen MR) is 98.2 cm³/mol. The van der Waals surface area contributed by atoms with Gasteiger partial charge in [-0.2, -0.15) is 0 Å². The molecule has 1 saturated heterocycles. The van der Waals surface area contributed by atoms with E-state index in [2.05, 4.69) is 29.6 Å². The van der Waals surface area contributed by atoms with Crippen LogP contribution in [0.2, 0.25) is 5.28 Å². The van der Waals surface area contributed by atoms with E-state index in [4.69, 9.17) is 22.1 Å². The summed E-state index contributed by atoms with van der Waals surface area (Å²) in [6.45, 7) is 2.99. The number of ether oxygens (including phenoxy) is 1. The predicted octanol–water partition coefficient (Wildman–Crippen LogP) is 1.39. The largest absolute Gasteiger partial charge is 0.397 e. The maximum atomic E-state index is 10.4. The van der Waals surface area contributed by atoms with Crippen LogP contribution in [-0.4, -0.2) is 68.9 Å². The third-order valence-electron chi connectivity index (χ3n) is 4.18. The Morgan fingerprint density at radius 1 is 1.42 bits per heavy atom. The van der Waals surface area contributed by atoms with Crippen molar-refractivity contribution >= 4 is 41.6 Å². The lowest BCUT2D eigenvalue weighted by Gasteiger charge is -2.19. The van der Waals surface area contributed by atoms with Crippen molar-refractivity contribution in [1.82, 2.24) is 14.5 Å². The minimum Gasteiger partial charge on any atom is -0.397 e. The summed E-state index contributed by atoms with van der Waals surface area (Å²) in [6.07, 6.45) is 3.71. The summed E-state index contributed by atoms with van der Waals surface area (Å²) in [5.41, 5.74) is 7.19. The third-order valence-corrected chi connectivity index (χ3v) is 5.91. The van der Waals surface area contributed by atoms with Crippen LogP contribution in [0.1, 0.15) is 12.6 Å². The van der Waals surface area contributed by atoms with Gasteiger partial charge in [-0.3, -0.25) is 4.57 Å². The highest BCUT2D eigenvalue weighted by Gasteiger charge is 2.44. The van der Waals surface area contributed by atoms with Crippen LogP contribution in [0.4, 0.5) is 5.69 Å². The number of nitrogen functional groups attached to an aromatic ring is 1. The van der Waals surface area contributed by atoms with Gasteiger partial charge in [0.25, 0.3) is 0 Å². The van der Waals surface area contributed by atoms with E-state index < -0.39 is 31.4 Å². The lowest BCUT2D eigenvalue weighted by Crippen LogP contribution is -2.32. The molecule has 0 spiro atoms. The van der Waals surface area contributed by atoms with Gasteiger partial charge in [0.05, 0.1) is 11.8 Å². The first-order valence-corrected chi connectivity index (χ1v) is 11.1. The van der Waals surface area contributed by atoms with Gasteiger partial charge < -0.3 is 20.7 Å². The first-order valence-electron chi connectivity index (χ1n) is 7.66. The molecule has 4 N–H and O–H groups in total. The number of aliphatic hydroxyl groups excluding tert-OH is 2. The van der Waals surface area contributed by atoms with Crippen LogP contribution in [-0.2, 0) is 4.74 Å². The molecule has 9 heteroatoms. The van der Waals surface area contributed by atoms with Crippen molar-refractivity contribution in [2.75, 3.05) is 25.2 Å². The second-order valence-corrected chi connectivity index (χ2v) is 11.5. The Bertz CT molecular complexity index is 805. The van der Waals surface area contributed by atoms with Crippen molar-refractivity contribution in [3.63, 3.8) is 0 Å². The number of aliphatic hydroxyl groups is 2. The van der Waals surface area contributed by atoms with Gasteiger partial charge in [0.2, 0.25) is 5.28 Å². The Morgan fingerprint density at radius 2 is 2.12 bits per heavy atom. The molecule has 4 atom stereocenters. The van der Waals surface area contributed by atoms with E-state index in [1.165, 1.54) is 10.8 Å². The fraction of sp³-hybridized carbons (Fsp3) is 0.533. The standard InChI is InChI=1S/C15H22ClN4O3P/c1-24(2,3)7-5-9-11(21)12(22)14(23-9)20-13-10(19-15(20)16)8(17)4-6-18-13/h4,6,9,11-12,14,21-22H,1,5,7H2,2-3H3,(H2,17,18)/t9?,11-,12-,14-/m1/s1. The Morgan fingerprint density at radius 3 is 2.79 bits per heavy atom. The number of nitrogens with two attached hydrogens (primary N) is 1. The van der Waals surface area contributed by atoms with Gasteiger partial charge in [-0.25, -0.2) is 9.97 Å². The summed E-state index contributed by atoms with van der Waals surface area (Å²) < 4.78 is 7.38. The number of aromatic nitrogens is 3. The molecule has 1 aliphatic heterocycles. The highest BCUT2D eigenvalue weighted by Crippen LogP contribution is 2.40. The van der Waals surface area contributed by atoms with E-state index in [1.54, 1.807) is 6.07 Å². The minimum atomic E-state index is -1.25. The number of hydrogen-bond acceptors (Lipinski definition) is 6. The van der Waals surface area contributed by atoms with E-state index in [-0.39, 0.29) is 5.28 Å². The Kier molecular flexibility index (Phi) is 4.66. The fourth-order valence-corrected chi connectivity index (χ4v) is 4.08. The number of nitrogens with zero attached hydrogens (tertiary/aromatic N) is 3. The van der Waals surface area contributed by atoms with E-state index in [9.17, 15) is 10.2 Å². The summed E-state index contributed by atoms with van der Waals surface area (Å²) in [6, 6.07) is 1.62. The average molecular weight is 373 g/mol. The van der Waals surface area contributed by atoms with Crippen molar-refractivity contribution in [2.45, 2.75) is 31.0 Å². The molecule has 1 aliphatic rings. The van der Waals surface area contributed by atoms with Crippen molar-refractivity contribution in [3.8, 4) is 0 Å². The molecule has 0 aromatic carbocycles. The summed E-state index contributed by atoms with van der Waals surface area (Å²) in [5.74, 6) is 0. The van der Waals surface area contributed by atoms with E-state index in [1.807, 2.05) is 0 Å². The fourth-order valence-electron chi connectivity index (χ4n) is 2.87. The normalized spacial score (nSPS) is 27.9. The maximum absolute atomic E-state index is 10.4. The number of imidazole rings is 1. The number of rotatable bonds is 4. The summed E-state index contributed by atoms with van der Waals surface area (Å²) in [4.78, 5) is 8.43. The zero-order valence-electron chi connectivity index (χ0n) is 13.6. The monoisotopic (exact) mass is 372 g/mol. The van der Waals surface area contributed by atoms with Gasteiger partial charge in [0.1, 0.15) is 17.7 Å². The first kappa shape index (κ1) is 17.7. The van der Waals surface area contributed by atoms with Gasteiger partial charge in [-0.05, 0) is 43.6 Å². The molecule has 2 aromatic heterocycles. The molecule has 0 aliphatic carbocycles. The Hall–Kier alpha value is -1.11. The number of anilines is 1. The summed E-state index contributed by atoms with van der Waals surface area (Å²) in [7, 11) is 0. The van der Waals surface area contributed by atoms with Crippen molar-refractivity contribution < 1.29 is 14.9 Å². The second kappa shape index (κ2) is 6.32. The molecule has 2 aromatic rings. The van der Waals surface area contributed by atoms with Crippen LogP contribution in [0.25, 0.3) is 11.2 Å². The summed E-state index contributed by atoms with van der Waals surface area (Å²) in [5, 5.41) is 20.9. The topological polar surface area (TPSA) is 106 Å². The molecule has 0 saturated carbocycles. The molecule has 1 unspecified atom stereocenters. The molecule has 3 heterocycles. The van der Waals surface area contributed by atoms with Crippen molar-refractivity contribution in [2.24, 2.45) is 0 Å². The smallest absolute Gasteiger partial charge is 0.207 e. The van der Waals surface area contributed by atoms with Crippen LogP contribution in [0.15, 0.2) is 12.3 Å². The van der Waals surface area contributed by atoms with E-state index in [0.29, 0.717) is 23.3 Å². The molecule has 24 heavy (non-hydrogen) atoms. The molecule has 0 amide bonds.